The second-order valence-electron chi connectivity index (χ2n) is 14.1. The van der Waals surface area contributed by atoms with Gasteiger partial charge in [-0.05, 0) is 53.4 Å². The molecule has 0 bridgehead atoms. The van der Waals surface area contributed by atoms with Gasteiger partial charge in [0, 0.05) is 26.4 Å². The summed E-state index contributed by atoms with van der Waals surface area (Å²) in [6.07, 6.45) is -1.36. The highest BCUT2D eigenvalue weighted by atomic mass is 16.6. The van der Waals surface area contributed by atoms with Crippen LogP contribution in [0.15, 0.2) is 0 Å². The van der Waals surface area contributed by atoms with E-state index in [1.807, 2.05) is 41.5 Å². The monoisotopic (exact) mass is 679 g/mol. The second-order valence-corrected chi connectivity index (χ2v) is 14.1. The van der Waals surface area contributed by atoms with Crippen LogP contribution in [-0.2, 0) is 47.5 Å². The van der Waals surface area contributed by atoms with Gasteiger partial charge in [-0.3, -0.25) is 9.59 Å². The van der Waals surface area contributed by atoms with E-state index in [-0.39, 0.29) is 70.4 Å². The molecule has 276 valence electrons. The first-order chi connectivity index (χ1) is 21.6. The van der Waals surface area contributed by atoms with Gasteiger partial charge in [0.15, 0.2) is 6.10 Å². The van der Waals surface area contributed by atoms with Crippen LogP contribution in [0.5, 0.6) is 0 Å². The predicted octanol–water partition coefficient (Wildman–Crippen LogP) is 3.31. The van der Waals surface area contributed by atoms with Gasteiger partial charge in [-0.25, -0.2) is 9.59 Å². The average Bonchev–Trinajstić information content (AvgIpc) is 2.91. The van der Waals surface area contributed by atoms with E-state index in [2.05, 4.69) is 10.6 Å². The molecule has 0 heterocycles. The molecular formula is C32H61N3O12. The predicted molar refractivity (Wildman–Crippen MR) is 174 cm³/mol. The Hall–Kier alpha value is -2.72. The van der Waals surface area contributed by atoms with Gasteiger partial charge in [0.1, 0.15) is 18.9 Å². The van der Waals surface area contributed by atoms with Crippen molar-refractivity contribution in [1.82, 2.24) is 10.6 Å². The van der Waals surface area contributed by atoms with Crippen molar-refractivity contribution in [3.63, 3.8) is 0 Å². The molecule has 0 saturated heterocycles. The molecule has 0 aliphatic rings. The zero-order valence-corrected chi connectivity index (χ0v) is 30.2. The number of hydrogen-bond donors (Lipinski definition) is 3. The fourth-order valence-corrected chi connectivity index (χ4v) is 4.20. The van der Waals surface area contributed by atoms with Crippen LogP contribution in [-0.4, -0.2) is 114 Å². The van der Waals surface area contributed by atoms with Crippen molar-refractivity contribution in [1.29, 1.82) is 0 Å². The lowest BCUT2D eigenvalue weighted by molar-refractivity contribution is -0.166. The summed E-state index contributed by atoms with van der Waals surface area (Å²) in [5.41, 5.74) is 4.05. The summed E-state index contributed by atoms with van der Waals surface area (Å²) in [6, 6.07) is 0. The van der Waals surface area contributed by atoms with Crippen LogP contribution >= 0.6 is 0 Å². The number of carbonyl (C=O) groups excluding carboxylic acids is 4. The molecule has 0 radical (unpaired) electrons. The number of rotatable bonds is 23. The first-order valence-corrected chi connectivity index (χ1v) is 16.0. The maximum absolute atomic E-state index is 12.6. The van der Waals surface area contributed by atoms with Crippen molar-refractivity contribution < 1.29 is 57.1 Å². The summed E-state index contributed by atoms with van der Waals surface area (Å²) in [5, 5.41) is 5.09. The number of amides is 2. The van der Waals surface area contributed by atoms with Gasteiger partial charge in [-0.2, -0.15) is 0 Å². The molecule has 0 aliphatic carbocycles. The van der Waals surface area contributed by atoms with E-state index >= 15 is 0 Å². The lowest BCUT2D eigenvalue weighted by atomic mass is 9.76. The van der Waals surface area contributed by atoms with Crippen molar-refractivity contribution >= 4 is 24.1 Å². The summed E-state index contributed by atoms with van der Waals surface area (Å²) in [7, 11) is 0. The molecule has 0 saturated carbocycles. The minimum atomic E-state index is -0.948. The molecule has 0 rings (SSSR count). The number of esters is 2. The van der Waals surface area contributed by atoms with Crippen LogP contribution in [0.2, 0.25) is 0 Å². The van der Waals surface area contributed by atoms with Gasteiger partial charge in [0.2, 0.25) is 0 Å². The van der Waals surface area contributed by atoms with Crippen LogP contribution in [0.3, 0.4) is 0 Å². The SMILES string of the molecule is CC(=O)O[C@@H](COC(=O)NCCOCCOCCNC(=O)OCCC(C)(N)OCCOC(C)(C)C)COC(=O)C(C)(C)CC(C)(C)C. The quantitative estimate of drug-likeness (QED) is 0.0617. The Morgan fingerprint density at radius 3 is 1.68 bits per heavy atom. The molecule has 0 fully saturated rings. The van der Waals surface area contributed by atoms with E-state index in [0.717, 1.165) is 0 Å². The number of alkyl carbamates (subject to hydrolysis) is 2. The third kappa shape index (κ3) is 27.0. The number of nitrogens with two attached hydrogens (primary N) is 1. The van der Waals surface area contributed by atoms with Crippen molar-refractivity contribution in [2.45, 2.75) is 99.5 Å². The summed E-state index contributed by atoms with van der Waals surface area (Å²) in [5.74, 6) is -1.02. The van der Waals surface area contributed by atoms with E-state index in [1.54, 1.807) is 20.8 Å². The van der Waals surface area contributed by atoms with E-state index in [1.165, 1.54) is 6.92 Å². The molecule has 0 spiro atoms. The molecule has 15 heteroatoms. The Morgan fingerprint density at radius 1 is 0.660 bits per heavy atom. The van der Waals surface area contributed by atoms with Crippen LogP contribution in [0, 0.1) is 10.8 Å². The molecule has 15 nitrogen and oxygen atoms in total. The Balaban J connectivity index is 3.97. The Labute approximate surface area is 280 Å². The van der Waals surface area contributed by atoms with Gasteiger partial charge in [0.05, 0.1) is 57.3 Å². The molecule has 0 aromatic carbocycles. The summed E-state index contributed by atoms with van der Waals surface area (Å²) in [4.78, 5) is 47.9. The highest BCUT2D eigenvalue weighted by Crippen LogP contribution is 2.34. The average molecular weight is 680 g/mol. The lowest BCUT2D eigenvalue weighted by Gasteiger charge is -2.30. The molecule has 47 heavy (non-hydrogen) atoms. The third-order valence-electron chi connectivity index (χ3n) is 5.94. The van der Waals surface area contributed by atoms with Crippen molar-refractivity contribution in [2.75, 3.05) is 72.6 Å². The van der Waals surface area contributed by atoms with Crippen LogP contribution in [0.25, 0.3) is 0 Å². The fraction of sp³-hybridized carbons (Fsp3) is 0.875. The lowest BCUT2D eigenvalue weighted by Crippen LogP contribution is -2.42. The Morgan fingerprint density at radius 2 is 1.17 bits per heavy atom. The third-order valence-corrected chi connectivity index (χ3v) is 5.94. The standard InChI is InChI=1S/C32H61N3O12/c1-24(36)47-25(21-43-26(37)31(8,9)23-29(2,3)4)22-44-28(39)35-13-16-41-18-17-40-15-12-34-27(38)42-14-11-32(10,33)46-20-19-45-30(5,6)7/h25H,11-23,33H2,1-10H3,(H,34,38)(H,35,39)/t25-,32?/m1/s1. The molecule has 0 aromatic heterocycles. The Kier molecular flexibility index (Phi) is 20.7. The van der Waals surface area contributed by atoms with Gasteiger partial charge in [0.25, 0.3) is 0 Å². The van der Waals surface area contributed by atoms with E-state index in [0.29, 0.717) is 26.1 Å². The number of carbonyl (C=O) groups is 4. The van der Waals surface area contributed by atoms with E-state index in [4.69, 9.17) is 43.6 Å². The van der Waals surface area contributed by atoms with E-state index < -0.39 is 41.4 Å². The van der Waals surface area contributed by atoms with Gasteiger partial charge >= 0.3 is 24.1 Å². The van der Waals surface area contributed by atoms with Crippen LogP contribution in [0.4, 0.5) is 9.59 Å². The first-order valence-electron chi connectivity index (χ1n) is 16.0. The molecule has 2 amide bonds. The molecule has 1 unspecified atom stereocenters. The largest absolute Gasteiger partial charge is 0.461 e. The van der Waals surface area contributed by atoms with E-state index in [9.17, 15) is 19.2 Å². The second kappa shape index (κ2) is 22.0. The summed E-state index contributed by atoms with van der Waals surface area (Å²) < 4.78 is 42.7. The highest BCUT2D eigenvalue weighted by Gasteiger charge is 2.34. The molecule has 0 aliphatic heterocycles. The smallest absolute Gasteiger partial charge is 0.407 e. The van der Waals surface area contributed by atoms with Crippen LogP contribution < -0.4 is 16.4 Å². The zero-order chi connectivity index (χ0) is 36.2. The van der Waals surface area contributed by atoms with Gasteiger partial charge in [-0.15, -0.1) is 0 Å². The molecule has 2 atom stereocenters. The minimum Gasteiger partial charge on any atom is -0.461 e. The fourth-order valence-electron chi connectivity index (χ4n) is 4.20. The normalized spacial score (nSPS) is 14.0. The first kappa shape index (κ1) is 44.3. The molecule has 4 N–H and O–H groups in total. The summed E-state index contributed by atoms with van der Waals surface area (Å²) >= 11 is 0. The van der Waals surface area contributed by atoms with Crippen LogP contribution in [0.1, 0.15) is 82.1 Å². The zero-order valence-electron chi connectivity index (χ0n) is 30.2. The number of hydrogen-bond acceptors (Lipinski definition) is 13. The number of ether oxygens (including phenoxy) is 8. The highest BCUT2D eigenvalue weighted by molar-refractivity contribution is 5.76. The topological polar surface area (TPSA) is 192 Å². The van der Waals surface area contributed by atoms with Gasteiger partial charge < -0.3 is 54.3 Å². The number of nitrogens with one attached hydrogen (secondary N) is 2. The maximum Gasteiger partial charge on any atom is 0.407 e. The van der Waals surface area contributed by atoms with Crippen molar-refractivity contribution in [3.8, 4) is 0 Å². The summed E-state index contributed by atoms with van der Waals surface area (Å²) in [6.45, 7) is 20.2. The minimum absolute atomic E-state index is 0.0842. The maximum atomic E-state index is 12.6. The molecule has 0 aromatic rings. The van der Waals surface area contributed by atoms with Gasteiger partial charge in [-0.1, -0.05) is 20.8 Å². The molecular weight excluding hydrogens is 618 g/mol. The van der Waals surface area contributed by atoms with Crippen molar-refractivity contribution in [3.05, 3.63) is 0 Å². The Bertz CT molecular complexity index is 929. The van der Waals surface area contributed by atoms with Crippen molar-refractivity contribution in [2.24, 2.45) is 16.6 Å².